The number of nitrogens with zero attached hydrogens (tertiary/aromatic N) is 1. The lowest BCUT2D eigenvalue weighted by atomic mass is 10.1. The predicted octanol–water partition coefficient (Wildman–Crippen LogP) is 2.32. The maximum Gasteiger partial charge on any atom is 0.328 e. The molecule has 22 heavy (non-hydrogen) atoms. The highest BCUT2D eigenvalue weighted by Crippen LogP contribution is 2.31. The monoisotopic (exact) mass is 323 g/mol. The van der Waals surface area contributed by atoms with E-state index < -0.39 is 17.9 Å². The smallest absolute Gasteiger partial charge is 0.328 e. The van der Waals surface area contributed by atoms with Gasteiger partial charge in [0.05, 0.1) is 18.2 Å². The Labute approximate surface area is 131 Å². The number of aryl methyl sites for hydroxylation is 1. The van der Waals surface area contributed by atoms with E-state index in [-0.39, 0.29) is 18.9 Å². The van der Waals surface area contributed by atoms with Crippen molar-refractivity contribution in [2.75, 3.05) is 19.8 Å². The lowest BCUT2D eigenvalue weighted by Gasteiger charge is -2.32. The third-order valence-electron chi connectivity index (χ3n) is 3.78. The normalized spacial score (nSPS) is 18.6. The summed E-state index contributed by atoms with van der Waals surface area (Å²) in [6, 6.07) is 4.25. The van der Waals surface area contributed by atoms with E-state index in [4.69, 9.17) is 20.8 Å². The van der Waals surface area contributed by atoms with Crippen LogP contribution in [-0.2, 0) is 9.53 Å². The molecule has 0 bridgehead atoms. The van der Waals surface area contributed by atoms with Crippen molar-refractivity contribution in [2.45, 2.75) is 13.0 Å². The summed E-state index contributed by atoms with van der Waals surface area (Å²) in [5, 5.41) is 10.4. The number of carbonyl (C=O) groups excluding carboxylic acids is 1. The number of halogens is 1. The van der Waals surface area contributed by atoms with Gasteiger partial charge in [0.2, 0.25) is 0 Å². The molecular formula is C15H14ClNO5. The molecule has 1 fully saturated rings. The molecule has 6 nitrogen and oxygen atoms in total. The van der Waals surface area contributed by atoms with Gasteiger partial charge in [0.1, 0.15) is 0 Å². The Balaban J connectivity index is 2.03. The van der Waals surface area contributed by atoms with Crippen molar-refractivity contribution < 1.29 is 23.8 Å². The first-order chi connectivity index (χ1) is 10.5. The van der Waals surface area contributed by atoms with Crippen LogP contribution in [0, 0.1) is 6.92 Å². The quantitative estimate of drug-likeness (QED) is 0.917. The number of hydrogen-bond acceptors (Lipinski definition) is 4. The summed E-state index contributed by atoms with van der Waals surface area (Å²) in [6.07, 6.45) is 0. The minimum atomic E-state index is -1.10. The molecular weight excluding hydrogens is 310 g/mol. The number of morpholine rings is 1. The van der Waals surface area contributed by atoms with Gasteiger partial charge in [-0.25, -0.2) is 4.79 Å². The maximum atomic E-state index is 12.7. The van der Waals surface area contributed by atoms with Crippen molar-refractivity contribution in [3.05, 3.63) is 34.5 Å². The molecule has 1 saturated heterocycles. The van der Waals surface area contributed by atoms with Crippen molar-refractivity contribution in [1.29, 1.82) is 0 Å². The molecule has 1 amide bonds. The first-order valence-electron chi connectivity index (χ1n) is 6.80. The van der Waals surface area contributed by atoms with Crippen LogP contribution in [0.5, 0.6) is 0 Å². The number of carboxylic acids is 1. The van der Waals surface area contributed by atoms with E-state index in [9.17, 15) is 14.7 Å². The topological polar surface area (TPSA) is 80.0 Å². The fraction of sp³-hybridized carbons (Fsp3) is 0.333. The summed E-state index contributed by atoms with van der Waals surface area (Å²) >= 11 is 6.08. The molecule has 1 atom stereocenters. The Kier molecular flexibility index (Phi) is 3.80. The van der Waals surface area contributed by atoms with Crippen LogP contribution in [0.25, 0.3) is 11.0 Å². The molecule has 3 rings (SSSR count). The third-order valence-corrected chi connectivity index (χ3v) is 4.08. The van der Waals surface area contributed by atoms with Crippen LogP contribution in [0.3, 0.4) is 0 Å². The van der Waals surface area contributed by atoms with Gasteiger partial charge in [-0.2, -0.15) is 0 Å². The lowest BCUT2D eigenvalue weighted by Crippen LogP contribution is -2.52. The zero-order valence-corrected chi connectivity index (χ0v) is 12.6. The van der Waals surface area contributed by atoms with Gasteiger partial charge < -0.3 is 19.2 Å². The number of hydrogen-bond donors (Lipinski definition) is 1. The zero-order valence-electron chi connectivity index (χ0n) is 11.8. The van der Waals surface area contributed by atoms with Crippen LogP contribution in [0.2, 0.25) is 5.02 Å². The third kappa shape index (κ3) is 2.34. The van der Waals surface area contributed by atoms with Crippen molar-refractivity contribution in [3.63, 3.8) is 0 Å². The fourth-order valence-electron chi connectivity index (χ4n) is 2.59. The largest absolute Gasteiger partial charge is 0.480 e. The number of ether oxygens (including phenoxy) is 1. The number of para-hydroxylation sites is 1. The maximum absolute atomic E-state index is 12.7. The van der Waals surface area contributed by atoms with Crippen molar-refractivity contribution in [1.82, 2.24) is 4.90 Å². The van der Waals surface area contributed by atoms with E-state index in [2.05, 4.69) is 0 Å². The Morgan fingerprint density at radius 1 is 1.41 bits per heavy atom. The number of carbonyl (C=O) groups is 2. The van der Waals surface area contributed by atoms with E-state index in [0.29, 0.717) is 22.8 Å². The molecule has 0 unspecified atom stereocenters. The molecule has 1 aromatic carbocycles. The van der Waals surface area contributed by atoms with Crippen molar-refractivity contribution in [3.8, 4) is 0 Å². The first kappa shape index (κ1) is 14.9. The van der Waals surface area contributed by atoms with Gasteiger partial charge >= 0.3 is 5.97 Å². The van der Waals surface area contributed by atoms with Gasteiger partial charge in [-0.1, -0.05) is 23.7 Å². The molecule has 1 N–H and O–H groups in total. The second-order valence-electron chi connectivity index (χ2n) is 5.10. The summed E-state index contributed by atoms with van der Waals surface area (Å²) in [5.41, 5.74) is 1.09. The van der Waals surface area contributed by atoms with Crippen molar-refractivity contribution in [2.24, 2.45) is 0 Å². The number of benzene rings is 1. The highest BCUT2D eigenvalue weighted by atomic mass is 35.5. The van der Waals surface area contributed by atoms with Crippen LogP contribution < -0.4 is 0 Å². The average molecular weight is 324 g/mol. The zero-order chi connectivity index (χ0) is 15.9. The highest BCUT2D eigenvalue weighted by molar-refractivity contribution is 6.35. The van der Waals surface area contributed by atoms with Gasteiger partial charge in [0, 0.05) is 17.5 Å². The summed E-state index contributed by atoms with van der Waals surface area (Å²) in [5.74, 6) is -1.43. The highest BCUT2D eigenvalue weighted by Gasteiger charge is 2.35. The molecule has 0 aliphatic carbocycles. The molecule has 1 aliphatic heterocycles. The Morgan fingerprint density at radius 2 is 2.18 bits per heavy atom. The van der Waals surface area contributed by atoms with E-state index in [0.717, 1.165) is 5.39 Å². The van der Waals surface area contributed by atoms with Crippen LogP contribution in [0.1, 0.15) is 16.1 Å². The number of furan rings is 1. The van der Waals surface area contributed by atoms with E-state index in [1.54, 1.807) is 19.1 Å². The molecule has 1 aliphatic rings. The van der Waals surface area contributed by atoms with E-state index >= 15 is 0 Å². The second-order valence-corrected chi connectivity index (χ2v) is 5.51. The van der Waals surface area contributed by atoms with E-state index in [1.165, 1.54) is 4.90 Å². The van der Waals surface area contributed by atoms with Gasteiger partial charge in [-0.05, 0) is 13.0 Å². The molecule has 1 aromatic heterocycles. The number of amides is 1. The van der Waals surface area contributed by atoms with Crippen molar-refractivity contribution >= 4 is 34.4 Å². The molecule has 0 radical (unpaired) electrons. The Morgan fingerprint density at radius 3 is 2.86 bits per heavy atom. The minimum absolute atomic E-state index is 0.0267. The van der Waals surface area contributed by atoms with E-state index in [1.807, 2.05) is 6.07 Å². The molecule has 2 aromatic rings. The molecule has 0 saturated carbocycles. The van der Waals surface area contributed by atoms with Gasteiger partial charge in [-0.3, -0.25) is 4.79 Å². The first-order valence-corrected chi connectivity index (χ1v) is 7.17. The summed E-state index contributed by atoms with van der Waals surface area (Å²) in [6.45, 7) is 2.24. The fourth-order valence-corrected chi connectivity index (χ4v) is 2.81. The van der Waals surface area contributed by atoms with Gasteiger partial charge in [-0.15, -0.1) is 0 Å². The van der Waals surface area contributed by atoms with Crippen LogP contribution in [0.4, 0.5) is 0 Å². The molecule has 0 spiro atoms. The molecule has 7 heteroatoms. The SMILES string of the molecule is Cc1c(C(=O)N2CCOC[C@@H]2C(=O)O)oc2c(Cl)cccc12. The number of aliphatic carboxylic acids is 1. The number of fused-ring (bicyclic) bond motifs is 1. The Bertz CT molecular complexity index is 754. The molecule has 116 valence electrons. The summed E-state index contributed by atoms with van der Waals surface area (Å²) < 4.78 is 10.8. The summed E-state index contributed by atoms with van der Waals surface area (Å²) in [7, 11) is 0. The van der Waals surface area contributed by atoms with Crippen LogP contribution >= 0.6 is 11.6 Å². The molecule has 2 heterocycles. The standard InChI is InChI=1S/C15H14ClNO5/c1-8-9-3-2-4-10(16)13(9)22-12(8)14(18)17-5-6-21-7-11(17)15(19)20/h2-4,11H,5-7H2,1H3,(H,19,20)/t11-/m1/s1. The number of rotatable bonds is 2. The van der Waals surface area contributed by atoms with Gasteiger partial charge in [0.15, 0.2) is 17.4 Å². The van der Waals surface area contributed by atoms with Crippen LogP contribution in [-0.4, -0.2) is 47.7 Å². The second kappa shape index (κ2) is 5.62. The lowest BCUT2D eigenvalue weighted by molar-refractivity contribution is -0.147. The number of carboxylic acid groups (broad SMARTS) is 1. The summed E-state index contributed by atoms with van der Waals surface area (Å²) in [4.78, 5) is 25.2. The predicted molar refractivity (Wildman–Crippen MR) is 79.2 cm³/mol. The average Bonchev–Trinajstić information content (AvgIpc) is 2.85. The van der Waals surface area contributed by atoms with Crippen LogP contribution in [0.15, 0.2) is 22.6 Å². The Hall–Kier alpha value is -2.05. The minimum Gasteiger partial charge on any atom is -0.480 e. The van der Waals surface area contributed by atoms with Gasteiger partial charge in [0.25, 0.3) is 5.91 Å².